The van der Waals surface area contributed by atoms with Crippen molar-refractivity contribution in [2.24, 2.45) is 0 Å². The average molecular weight is 222 g/mol. The fourth-order valence-corrected chi connectivity index (χ4v) is 2.04. The molecule has 2 rings (SSSR count). The molecule has 0 aliphatic carbocycles. The number of hydrogen-bond donors (Lipinski definition) is 1. The molecule has 0 aromatic carbocycles. The van der Waals surface area contributed by atoms with Crippen molar-refractivity contribution >= 4 is 5.91 Å². The van der Waals surface area contributed by atoms with Crippen molar-refractivity contribution in [1.82, 2.24) is 10.2 Å². The molecule has 0 bridgehead atoms. The van der Waals surface area contributed by atoms with E-state index in [1.165, 1.54) is 0 Å². The number of carbonyl (C=O) groups is 1. The molecule has 0 spiro atoms. The lowest BCUT2D eigenvalue weighted by atomic mass is 10.2. The lowest BCUT2D eigenvalue weighted by Gasteiger charge is -2.21. The smallest absolute Gasteiger partial charge is 0.240 e. The molecule has 1 amide bonds. The van der Waals surface area contributed by atoms with E-state index >= 15 is 0 Å². The minimum Gasteiger partial charge on any atom is -0.472 e. The zero-order valence-electron chi connectivity index (χ0n) is 9.77. The molecule has 1 atom stereocenters. The Kier molecular flexibility index (Phi) is 3.29. The fraction of sp³-hybridized carbons (Fsp3) is 0.583. The summed E-state index contributed by atoms with van der Waals surface area (Å²) in [5, 5.41) is 3.27. The minimum absolute atomic E-state index is 0.0303. The van der Waals surface area contributed by atoms with Crippen LogP contribution in [0.1, 0.15) is 25.8 Å². The fourth-order valence-electron chi connectivity index (χ4n) is 2.04. The van der Waals surface area contributed by atoms with Gasteiger partial charge in [0.2, 0.25) is 5.91 Å². The topological polar surface area (TPSA) is 45.5 Å². The van der Waals surface area contributed by atoms with Gasteiger partial charge in [-0.3, -0.25) is 4.79 Å². The molecule has 1 aromatic heterocycles. The SMILES string of the molecule is CC(C)N1CCC(NCc2ccoc2)C1=O. The molecule has 88 valence electrons. The third-order valence-corrected chi connectivity index (χ3v) is 3.00. The minimum atomic E-state index is -0.0303. The Bertz CT molecular complexity index is 346. The van der Waals surface area contributed by atoms with Crippen LogP contribution in [0.4, 0.5) is 0 Å². The molecule has 1 N–H and O–H groups in total. The molecule has 1 fully saturated rings. The lowest BCUT2D eigenvalue weighted by molar-refractivity contribution is -0.130. The molecule has 4 nitrogen and oxygen atoms in total. The molecule has 0 saturated carbocycles. The van der Waals surface area contributed by atoms with Gasteiger partial charge in [0.25, 0.3) is 0 Å². The van der Waals surface area contributed by atoms with Crippen molar-refractivity contribution in [3.05, 3.63) is 24.2 Å². The average Bonchev–Trinajstić information content (AvgIpc) is 2.84. The summed E-state index contributed by atoms with van der Waals surface area (Å²) in [5.74, 6) is 0.221. The summed E-state index contributed by atoms with van der Waals surface area (Å²) in [6.07, 6.45) is 4.25. The zero-order chi connectivity index (χ0) is 11.5. The van der Waals surface area contributed by atoms with Crippen LogP contribution in [-0.2, 0) is 11.3 Å². The monoisotopic (exact) mass is 222 g/mol. The lowest BCUT2D eigenvalue weighted by Crippen LogP contribution is -2.40. The maximum Gasteiger partial charge on any atom is 0.240 e. The predicted molar refractivity (Wildman–Crippen MR) is 60.8 cm³/mol. The van der Waals surface area contributed by atoms with Gasteiger partial charge in [-0.15, -0.1) is 0 Å². The summed E-state index contributed by atoms with van der Waals surface area (Å²) in [4.78, 5) is 13.9. The van der Waals surface area contributed by atoms with E-state index in [1.807, 2.05) is 11.0 Å². The van der Waals surface area contributed by atoms with E-state index in [-0.39, 0.29) is 11.9 Å². The Morgan fingerprint density at radius 2 is 2.44 bits per heavy atom. The second-order valence-corrected chi connectivity index (χ2v) is 4.48. The van der Waals surface area contributed by atoms with Gasteiger partial charge in [0.05, 0.1) is 18.6 Å². The number of rotatable bonds is 4. The Morgan fingerprint density at radius 1 is 1.62 bits per heavy atom. The zero-order valence-corrected chi connectivity index (χ0v) is 9.77. The van der Waals surface area contributed by atoms with Crippen molar-refractivity contribution in [3.63, 3.8) is 0 Å². The van der Waals surface area contributed by atoms with E-state index in [9.17, 15) is 4.79 Å². The van der Waals surface area contributed by atoms with Crippen LogP contribution in [0.3, 0.4) is 0 Å². The molecule has 1 aliphatic rings. The van der Waals surface area contributed by atoms with E-state index in [4.69, 9.17) is 4.42 Å². The van der Waals surface area contributed by atoms with E-state index in [1.54, 1.807) is 12.5 Å². The van der Waals surface area contributed by atoms with Gasteiger partial charge < -0.3 is 14.6 Å². The quantitative estimate of drug-likeness (QED) is 0.837. The first-order chi connectivity index (χ1) is 7.68. The van der Waals surface area contributed by atoms with Crippen LogP contribution in [0.2, 0.25) is 0 Å². The van der Waals surface area contributed by atoms with Gasteiger partial charge in [0.15, 0.2) is 0 Å². The van der Waals surface area contributed by atoms with Crippen LogP contribution in [0.25, 0.3) is 0 Å². The van der Waals surface area contributed by atoms with Crippen molar-refractivity contribution in [1.29, 1.82) is 0 Å². The predicted octanol–water partition coefficient (Wildman–Crippen LogP) is 1.38. The second kappa shape index (κ2) is 4.70. The van der Waals surface area contributed by atoms with Crippen molar-refractivity contribution in [2.45, 2.75) is 38.9 Å². The van der Waals surface area contributed by atoms with Crippen LogP contribution >= 0.6 is 0 Å². The number of carbonyl (C=O) groups excluding carboxylic acids is 1. The number of furan rings is 1. The molecule has 2 heterocycles. The molecular formula is C12H18N2O2. The molecule has 1 aliphatic heterocycles. The van der Waals surface area contributed by atoms with Crippen LogP contribution < -0.4 is 5.32 Å². The van der Waals surface area contributed by atoms with Crippen LogP contribution in [0, 0.1) is 0 Å². The van der Waals surface area contributed by atoms with Crippen LogP contribution in [-0.4, -0.2) is 29.4 Å². The third kappa shape index (κ3) is 2.27. The first-order valence-electron chi connectivity index (χ1n) is 5.73. The van der Waals surface area contributed by atoms with Crippen LogP contribution in [0.15, 0.2) is 23.0 Å². The summed E-state index contributed by atoms with van der Waals surface area (Å²) < 4.78 is 4.98. The van der Waals surface area contributed by atoms with Crippen molar-refractivity contribution < 1.29 is 9.21 Å². The second-order valence-electron chi connectivity index (χ2n) is 4.48. The normalized spacial score (nSPS) is 21.1. The molecule has 1 saturated heterocycles. The van der Waals surface area contributed by atoms with Crippen molar-refractivity contribution in [3.8, 4) is 0 Å². The van der Waals surface area contributed by atoms with Crippen molar-refractivity contribution in [2.75, 3.05) is 6.54 Å². The van der Waals surface area contributed by atoms with Gasteiger partial charge >= 0.3 is 0 Å². The summed E-state index contributed by atoms with van der Waals surface area (Å²) >= 11 is 0. The number of nitrogens with one attached hydrogen (secondary N) is 1. The van der Waals surface area contributed by atoms with Gasteiger partial charge in [-0.1, -0.05) is 0 Å². The van der Waals surface area contributed by atoms with Gasteiger partial charge in [-0.25, -0.2) is 0 Å². The largest absolute Gasteiger partial charge is 0.472 e. The Balaban J connectivity index is 1.86. The summed E-state index contributed by atoms with van der Waals surface area (Å²) in [6, 6.07) is 2.18. The Hall–Kier alpha value is -1.29. The highest BCUT2D eigenvalue weighted by atomic mass is 16.3. The number of nitrogens with zero attached hydrogens (tertiary/aromatic N) is 1. The molecule has 1 aromatic rings. The maximum absolute atomic E-state index is 11.9. The number of hydrogen-bond acceptors (Lipinski definition) is 3. The van der Waals surface area contributed by atoms with E-state index in [2.05, 4.69) is 19.2 Å². The Morgan fingerprint density at radius 3 is 3.00 bits per heavy atom. The maximum atomic E-state index is 11.9. The highest BCUT2D eigenvalue weighted by Gasteiger charge is 2.32. The molecule has 1 unspecified atom stereocenters. The molecule has 16 heavy (non-hydrogen) atoms. The summed E-state index contributed by atoms with van der Waals surface area (Å²) in [5.41, 5.74) is 1.08. The highest BCUT2D eigenvalue weighted by molar-refractivity contribution is 5.84. The van der Waals surface area contributed by atoms with E-state index < -0.39 is 0 Å². The number of likely N-dealkylation sites (tertiary alicyclic amines) is 1. The van der Waals surface area contributed by atoms with E-state index in [0.717, 1.165) is 18.5 Å². The first-order valence-corrected chi connectivity index (χ1v) is 5.73. The summed E-state index contributed by atoms with van der Waals surface area (Å²) in [7, 11) is 0. The highest BCUT2D eigenvalue weighted by Crippen LogP contribution is 2.14. The van der Waals surface area contributed by atoms with Gasteiger partial charge in [-0.05, 0) is 26.3 Å². The molecule has 4 heteroatoms. The van der Waals surface area contributed by atoms with Gasteiger partial charge in [0, 0.05) is 24.7 Å². The molecule has 0 radical (unpaired) electrons. The van der Waals surface area contributed by atoms with Crippen LogP contribution in [0.5, 0.6) is 0 Å². The summed E-state index contributed by atoms with van der Waals surface area (Å²) in [6.45, 7) is 5.66. The van der Waals surface area contributed by atoms with Gasteiger partial charge in [0.1, 0.15) is 0 Å². The molecular weight excluding hydrogens is 204 g/mol. The first kappa shape index (κ1) is 11.2. The van der Waals surface area contributed by atoms with E-state index in [0.29, 0.717) is 12.6 Å². The third-order valence-electron chi connectivity index (χ3n) is 3.00. The standard InChI is InChI=1S/C12H18N2O2/c1-9(2)14-5-3-11(12(14)15)13-7-10-4-6-16-8-10/h4,6,8-9,11,13H,3,5,7H2,1-2H3. The number of amides is 1. The Labute approximate surface area is 95.6 Å². The van der Waals surface area contributed by atoms with Gasteiger partial charge in [-0.2, -0.15) is 0 Å².